The van der Waals surface area contributed by atoms with Crippen LogP contribution in [0.15, 0.2) is 53.3 Å². The van der Waals surface area contributed by atoms with Crippen molar-refractivity contribution in [3.63, 3.8) is 0 Å². The maximum absolute atomic E-state index is 5.41. The van der Waals surface area contributed by atoms with Crippen molar-refractivity contribution in [2.24, 2.45) is 0 Å². The molecule has 3 rings (SSSR count). The molecule has 1 aromatic carbocycles. The molecule has 0 aliphatic rings. The highest BCUT2D eigenvalue weighted by atomic mass is 16.5. The van der Waals surface area contributed by atoms with Crippen LogP contribution in [0.5, 0.6) is 0 Å². The fraction of sp³-hybridized carbons (Fsp3) is 0. The van der Waals surface area contributed by atoms with Crippen molar-refractivity contribution in [2.75, 3.05) is 5.73 Å². The fourth-order valence-corrected chi connectivity index (χ4v) is 1.69. The van der Waals surface area contributed by atoms with Gasteiger partial charge in [-0.1, -0.05) is 18.2 Å². The first-order valence-electron chi connectivity index (χ1n) is 5.43. The smallest absolute Gasteiger partial charge is 0.261 e. The number of rotatable bonds is 2. The van der Waals surface area contributed by atoms with Gasteiger partial charge in [-0.05, 0) is 34.5 Å². The molecule has 0 atom stereocenters. The van der Waals surface area contributed by atoms with Crippen molar-refractivity contribution in [3.8, 4) is 22.6 Å². The zero-order chi connectivity index (χ0) is 12.4. The monoisotopic (exact) mass is 238 g/mol. The second-order valence-electron chi connectivity index (χ2n) is 3.78. The highest BCUT2D eigenvalue weighted by molar-refractivity contribution is 5.66. The topological polar surface area (TPSA) is 77.8 Å². The molecule has 0 unspecified atom stereocenters. The average molecular weight is 238 g/mol. The molecular weight excluding hydrogens is 228 g/mol. The zero-order valence-corrected chi connectivity index (χ0v) is 9.45. The molecule has 0 amide bonds. The Morgan fingerprint density at radius 1 is 0.944 bits per heavy atom. The molecule has 0 saturated carbocycles. The Kier molecular flexibility index (Phi) is 2.49. The predicted molar refractivity (Wildman–Crippen MR) is 67.4 cm³/mol. The highest BCUT2D eigenvalue weighted by Crippen LogP contribution is 2.23. The standard InChI is InChI=1S/C13H10N4O/c14-13-16-12(18-17-13)10-5-3-9(4-6-10)11-2-1-7-15-8-11/h1-8H,(H2,14,17). The van der Waals surface area contributed by atoms with E-state index < -0.39 is 0 Å². The lowest BCUT2D eigenvalue weighted by atomic mass is 10.1. The Hall–Kier alpha value is -2.69. The van der Waals surface area contributed by atoms with Gasteiger partial charge in [-0.25, -0.2) is 0 Å². The molecule has 0 aliphatic carbocycles. The molecule has 3 aromatic rings. The first-order valence-corrected chi connectivity index (χ1v) is 5.43. The molecule has 0 radical (unpaired) electrons. The second-order valence-corrected chi connectivity index (χ2v) is 3.78. The molecule has 5 nitrogen and oxygen atoms in total. The second kappa shape index (κ2) is 4.29. The van der Waals surface area contributed by atoms with Crippen LogP contribution in [0.3, 0.4) is 0 Å². The minimum Gasteiger partial charge on any atom is -0.365 e. The van der Waals surface area contributed by atoms with Gasteiger partial charge < -0.3 is 10.3 Å². The Morgan fingerprint density at radius 3 is 2.33 bits per heavy atom. The number of aromatic nitrogens is 3. The predicted octanol–water partition coefficient (Wildman–Crippen LogP) is 2.38. The Balaban J connectivity index is 1.94. The molecule has 0 spiro atoms. The number of hydrogen-bond acceptors (Lipinski definition) is 5. The lowest BCUT2D eigenvalue weighted by molar-refractivity contribution is 0.433. The van der Waals surface area contributed by atoms with Gasteiger partial charge in [-0.15, -0.1) is 0 Å². The van der Waals surface area contributed by atoms with E-state index in [1.165, 1.54) is 0 Å². The number of benzene rings is 1. The molecule has 2 N–H and O–H groups in total. The average Bonchev–Trinajstić information content (AvgIpc) is 2.87. The summed E-state index contributed by atoms with van der Waals surface area (Å²) in [5.74, 6) is 0.562. The molecular formula is C13H10N4O. The van der Waals surface area contributed by atoms with Gasteiger partial charge in [0.05, 0.1) is 0 Å². The Bertz CT molecular complexity index is 646. The number of hydrogen-bond donors (Lipinski definition) is 1. The van der Waals surface area contributed by atoms with Crippen LogP contribution in [0.1, 0.15) is 0 Å². The van der Waals surface area contributed by atoms with E-state index in [0.717, 1.165) is 16.7 Å². The third-order valence-electron chi connectivity index (χ3n) is 2.57. The minimum atomic E-state index is 0.140. The van der Waals surface area contributed by atoms with Gasteiger partial charge >= 0.3 is 0 Å². The van der Waals surface area contributed by atoms with Crippen LogP contribution >= 0.6 is 0 Å². The van der Waals surface area contributed by atoms with Gasteiger partial charge in [0.15, 0.2) is 0 Å². The van der Waals surface area contributed by atoms with Gasteiger partial charge in [-0.3, -0.25) is 4.98 Å². The molecule has 18 heavy (non-hydrogen) atoms. The largest absolute Gasteiger partial charge is 0.365 e. The van der Waals surface area contributed by atoms with Gasteiger partial charge in [-0.2, -0.15) is 4.98 Å². The van der Waals surface area contributed by atoms with E-state index in [1.54, 1.807) is 6.20 Å². The third kappa shape index (κ3) is 1.93. The summed E-state index contributed by atoms with van der Waals surface area (Å²) in [7, 11) is 0. The maximum atomic E-state index is 5.41. The van der Waals surface area contributed by atoms with E-state index in [-0.39, 0.29) is 5.95 Å². The van der Waals surface area contributed by atoms with Crippen molar-refractivity contribution >= 4 is 5.95 Å². The summed E-state index contributed by atoms with van der Waals surface area (Å²) in [6, 6.07) is 11.7. The first kappa shape index (κ1) is 10.5. The summed E-state index contributed by atoms with van der Waals surface area (Å²) in [5, 5.41) is 3.56. The zero-order valence-electron chi connectivity index (χ0n) is 9.45. The van der Waals surface area contributed by atoms with Gasteiger partial charge in [0.1, 0.15) is 0 Å². The number of nitrogens with zero attached hydrogens (tertiary/aromatic N) is 3. The summed E-state index contributed by atoms with van der Waals surface area (Å²) >= 11 is 0. The summed E-state index contributed by atoms with van der Waals surface area (Å²) in [6.07, 6.45) is 3.57. The van der Waals surface area contributed by atoms with Gasteiger partial charge in [0, 0.05) is 18.0 Å². The lowest BCUT2D eigenvalue weighted by Gasteiger charge is -2.01. The van der Waals surface area contributed by atoms with Crippen LogP contribution in [-0.2, 0) is 0 Å². The first-order chi connectivity index (χ1) is 8.83. The van der Waals surface area contributed by atoms with Crippen LogP contribution in [-0.4, -0.2) is 15.1 Å². The number of nitrogens with two attached hydrogens (primary N) is 1. The summed E-state index contributed by atoms with van der Waals surface area (Å²) in [5.41, 5.74) is 8.40. The molecule has 5 heteroatoms. The van der Waals surface area contributed by atoms with Gasteiger partial charge in [0.2, 0.25) is 0 Å². The van der Waals surface area contributed by atoms with E-state index >= 15 is 0 Å². The maximum Gasteiger partial charge on any atom is 0.261 e. The van der Waals surface area contributed by atoms with Crippen molar-refractivity contribution in [3.05, 3.63) is 48.8 Å². The molecule has 88 valence electrons. The Morgan fingerprint density at radius 2 is 1.72 bits per heavy atom. The minimum absolute atomic E-state index is 0.140. The normalized spacial score (nSPS) is 10.4. The highest BCUT2D eigenvalue weighted by Gasteiger charge is 2.06. The van der Waals surface area contributed by atoms with E-state index in [4.69, 9.17) is 10.3 Å². The summed E-state index contributed by atoms with van der Waals surface area (Å²) < 4.78 is 5.00. The molecule has 2 aromatic heterocycles. The van der Waals surface area contributed by atoms with Crippen molar-refractivity contribution < 1.29 is 4.52 Å². The van der Waals surface area contributed by atoms with Crippen LogP contribution in [0.2, 0.25) is 0 Å². The fourth-order valence-electron chi connectivity index (χ4n) is 1.69. The number of nitrogen functional groups attached to an aromatic ring is 1. The van der Waals surface area contributed by atoms with Crippen LogP contribution in [0.25, 0.3) is 22.6 Å². The molecule has 0 fully saturated rings. The van der Waals surface area contributed by atoms with E-state index in [9.17, 15) is 0 Å². The lowest BCUT2D eigenvalue weighted by Crippen LogP contribution is -1.85. The Labute approximate surface area is 103 Å². The van der Waals surface area contributed by atoms with Crippen LogP contribution < -0.4 is 5.73 Å². The van der Waals surface area contributed by atoms with E-state index in [1.807, 2.05) is 42.6 Å². The summed E-state index contributed by atoms with van der Waals surface area (Å²) in [6.45, 7) is 0. The number of pyridine rings is 1. The number of anilines is 1. The van der Waals surface area contributed by atoms with Crippen LogP contribution in [0.4, 0.5) is 5.95 Å². The third-order valence-corrected chi connectivity index (χ3v) is 2.57. The molecule has 0 aliphatic heterocycles. The van der Waals surface area contributed by atoms with Gasteiger partial charge in [0.25, 0.3) is 11.8 Å². The summed E-state index contributed by atoms with van der Waals surface area (Å²) in [4.78, 5) is 8.06. The van der Waals surface area contributed by atoms with Crippen LogP contribution in [0, 0.1) is 0 Å². The van der Waals surface area contributed by atoms with Crippen molar-refractivity contribution in [1.29, 1.82) is 0 Å². The van der Waals surface area contributed by atoms with E-state index in [2.05, 4.69) is 15.1 Å². The van der Waals surface area contributed by atoms with E-state index in [0.29, 0.717) is 5.89 Å². The molecule has 2 heterocycles. The van der Waals surface area contributed by atoms with Crippen molar-refractivity contribution in [2.45, 2.75) is 0 Å². The SMILES string of the molecule is Nc1noc(-c2ccc(-c3cccnc3)cc2)n1. The quantitative estimate of drug-likeness (QED) is 0.741. The molecule has 0 saturated heterocycles. The van der Waals surface area contributed by atoms with Crippen molar-refractivity contribution in [1.82, 2.24) is 15.1 Å². The molecule has 0 bridgehead atoms.